The summed E-state index contributed by atoms with van der Waals surface area (Å²) in [7, 11) is -1.48. The van der Waals surface area contributed by atoms with Crippen molar-refractivity contribution < 1.29 is 13.2 Å². The van der Waals surface area contributed by atoms with Crippen LogP contribution in [0.2, 0.25) is 0 Å². The number of hydrogen-bond donors (Lipinski definition) is 1. The number of carbonyl (C=O) groups excluding carboxylic acids is 1. The molecule has 0 radical (unpaired) electrons. The van der Waals surface area contributed by atoms with Gasteiger partial charge in [0, 0.05) is 43.7 Å². The van der Waals surface area contributed by atoms with Crippen LogP contribution < -0.4 is 10.2 Å². The maximum Gasteiger partial charge on any atom is 0.253 e. The van der Waals surface area contributed by atoms with Gasteiger partial charge in [-0.15, -0.1) is 0 Å². The summed E-state index contributed by atoms with van der Waals surface area (Å²) < 4.78 is 27.7. The minimum absolute atomic E-state index is 0.0457. The summed E-state index contributed by atoms with van der Waals surface area (Å²) in [6.07, 6.45) is 10.4. The van der Waals surface area contributed by atoms with E-state index < -0.39 is 15.6 Å². The highest BCUT2D eigenvalue weighted by atomic mass is 32.2. The number of benzene rings is 1. The minimum Gasteiger partial charge on any atom is -0.374 e. The standard InChI is InChI=1S/C25H34N4O3S/c1-28-15-6-10-21-19(9-5-11-22(21)28)12-18-33(31,32)29-16-13-25(14-17-29)24(30)26-23(27-25)20-7-3-2-4-8-20/h5,9,11-12,18,20H,2-4,6-8,10,13-17H2,1H3,(H,26,27,30)/b18-12+. The first-order chi connectivity index (χ1) is 15.9. The van der Waals surface area contributed by atoms with Crippen LogP contribution in [0.5, 0.6) is 0 Å². The predicted octanol–water partition coefficient (Wildman–Crippen LogP) is 3.31. The number of amides is 1. The summed E-state index contributed by atoms with van der Waals surface area (Å²) in [6, 6.07) is 6.07. The number of sulfonamides is 1. The lowest BCUT2D eigenvalue weighted by Gasteiger charge is -2.34. The first-order valence-corrected chi connectivity index (χ1v) is 13.8. The zero-order valence-corrected chi connectivity index (χ0v) is 20.2. The van der Waals surface area contributed by atoms with Crippen LogP contribution in [0, 0.1) is 5.92 Å². The molecule has 5 rings (SSSR count). The van der Waals surface area contributed by atoms with Crippen molar-refractivity contribution >= 4 is 33.5 Å². The molecule has 1 aliphatic carbocycles. The number of rotatable bonds is 4. The largest absolute Gasteiger partial charge is 0.374 e. The molecule has 1 aromatic rings. The second-order valence-corrected chi connectivity index (χ2v) is 11.8. The number of anilines is 1. The highest BCUT2D eigenvalue weighted by Gasteiger charge is 2.48. The van der Waals surface area contributed by atoms with Crippen LogP contribution in [0.1, 0.15) is 62.5 Å². The van der Waals surface area contributed by atoms with Gasteiger partial charge in [-0.3, -0.25) is 9.79 Å². The summed E-state index contributed by atoms with van der Waals surface area (Å²) in [4.78, 5) is 19.9. The lowest BCUT2D eigenvalue weighted by atomic mass is 9.88. The number of nitrogens with one attached hydrogen (secondary N) is 1. The van der Waals surface area contributed by atoms with Gasteiger partial charge in [0.15, 0.2) is 0 Å². The molecule has 1 N–H and O–H groups in total. The third kappa shape index (κ3) is 4.35. The maximum absolute atomic E-state index is 13.1. The van der Waals surface area contributed by atoms with Gasteiger partial charge in [-0.1, -0.05) is 31.4 Å². The zero-order valence-electron chi connectivity index (χ0n) is 19.4. The average Bonchev–Trinajstić information content (AvgIpc) is 3.14. The Kier molecular flexibility index (Phi) is 6.07. The van der Waals surface area contributed by atoms with E-state index in [0.717, 1.165) is 43.6 Å². The number of hydrogen-bond acceptors (Lipinski definition) is 5. The van der Waals surface area contributed by atoms with Gasteiger partial charge in [0.05, 0.1) is 0 Å². The van der Waals surface area contributed by atoms with E-state index in [2.05, 4.69) is 23.3 Å². The summed E-state index contributed by atoms with van der Waals surface area (Å²) in [5.74, 6) is 1.15. The minimum atomic E-state index is -3.56. The SMILES string of the molecule is CN1CCCc2c(/C=C/S(=O)(=O)N3CCC4(CC3)N=C(C3CCCCC3)NC4=O)cccc21. The molecule has 4 aliphatic rings. The van der Waals surface area contributed by atoms with E-state index in [-0.39, 0.29) is 5.91 Å². The molecule has 33 heavy (non-hydrogen) atoms. The summed E-state index contributed by atoms with van der Waals surface area (Å²) >= 11 is 0. The van der Waals surface area contributed by atoms with Crippen LogP contribution in [0.25, 0.3) is 6.08 Å². The van der Waals surface area contributed by atoms with Gasteiger partial charge < -0.3 is 10.2 Å². The Bertz CT molecular complexity index is 1080. The molecule has 1 saturated carbocycles. The first-order valence-electron chi connectivity index (χ1n) is 12.3. The van der Waals surface area contributed by atoms with E-state index in [4.69, 9.17) is 4.99 Å². The monoisotopic (exact) mass is 470 g/mol. The molecular weight excluding hydrogens is 436 g/mol. The first kappa shape index (κ1) is 22.6. The van der Waals surface area contributed by atoms with Crippen LogP contribution >= 0.6 is 0 Å². The second kappa shape index (κ2) is 8.87. The van der Waals surface area contributed by atoms with Crippen molar-refractivity contribution in [1.82, 2.24) is 9.62 Å². The third-order valence-corrected chi connectivity index (χ3v) is 9.40. The van der Waals surface area contributed by atoms with Gasteiger partial charge in [0.25, 0.3) is 5.91 Å². The number of amidine groups is 1. The van der Waals surface area contributed by atoms with E-state index in [1.165, 1.54) is 40.2 Å². The Labute approximate surface area is 197 Å². The van der Waals surface area contributed by atoms with E-state index >= 15 is 0 Å². The zero-order chi connectivity index (χ0) is 23.1. The quantitative estimate of drug-likeness (QED) is 0.732. The summed E-state index contributed by atoms with van der Waals surface area (Å²) in [5, 5.41) is 4.38. The highest BCUT2D eigenvalue weighted by Crippen LogP contribution is 2.35. The topological polar surface area (TPSA) is 82.1 Å². The van der Waals surface area contributed by atoms with Crippen molar-refractivity contribution in [2.24, 2.45) is 10.9 Å². The fourth-order valence-electron chi connectivity index (χ4n) is 5.80. The predicted molar refractivity (Wildman–Crippen MR) is 132 cm³/mol. The van der Waals surface area contributed by atoms with Gasteiger partial charge in [-0.05, 0) is 61.8 Å². The molecule has 3 aliphatic heterocycles. The van der Waals surface area contributed by atoms with Crippen molar-refractivity contribution in [2.75, 3.05) is 31.6 Å². The molecule has 1 spiro atoms. The Morgan fingerprint density at radius 3 is 2.61 bits per heavy atom. The van der Waals surface area contributed by atoms with Gasteiger partial charge in [0.2, 0.25) is 10.0 Å². The van der Waals surface area contributed by atoms with Crippen molar-refractivity contribution in [1.29, 1.82) is 0 Å². The Hall–Kier alpha value is -2.19. The molecule has 7 nitrogen and oxygen atoms in total. The summed E-state index contributed by atoms with van der Waals surface area (Å²) in [6.45, 7) is 1.65. The fraction of sp³-hybridized carbons (Fsp3) is 0.600. The number of nitrogens with zero attached hydrogens (tertiary/aromatic N) is 3. The van der Waals surface area contributed by atoms with E-state index in [1.54, 1.807) is 6.08 Å². The molecule has 0 atom stereocenters. The number of carbonyl (C=O) groups is 1. The van der Waals surface area contributed by atoms with Gasteiger partial charge >= 0.3 is 0 Å². The van der Waals surface area contributed by atoms with Gasteiger partial charge in [-0.25, -0.2) is 8.42 Å². The smallest absolute Gasteiger partial charge is 0.253 e. The Morgan fingerprint density at radius 2 is 1.85 bits per heavy atom. The van der Waals surface area contributed by atoms with Crippen LogP contribution in [0.15, 0.2) is 28.6 Å². The highest BCUT2D eigenvalue weighted by molar-refractivity contribution is 7.92. The lowest BCUT2D eigenvalue weighted by molar-refractivity contribution is -0.124. The van der Waals surface area contributed by atoms with Crippen molar-refractivity contribution in [3.63, 3.8) is 0 Å². The van der Waals surface area contributed by atoms with E-state index in [1.807, 2.05) is 12.1 Å². The molecule has 0 bridgehead atoms. The molecule has 3 heterocycles. The number of aliphatic imine (C=N–C) groups is 1. The van der Waals surface area contributed by atoms with E-state index in [0.29, 0.717) is 31.8 Å². The van der Waals surface area contributed by atoms with Crippen molar-refractivity contribution in [2.45, 2.75) is 63.3 Å². The van der Waals surface area contributed by atoms with Gasteiger partial charge in [0.1, 0.15) is 11.4 Å². The normalized spacial score (nSPS) is 24.2. The van der Waals surface area contributed by atoms with Crippen LogP contribution in [-0.4, -0.2) is 56.7 Å². The molecule has 178 valence electrons. The van der Waals surface area contributed by atoms with E-state index in [9.17, 15) is 13.2 Å². The van der Waals surface area contributed by atoms with Crippen LogP contribution in [0.4, 0.5) is 5.69 Å². The molecule has 1 amide bonds. The molecule has 8 heteroatoms. The Balaban J connectivity index is 1.28. The molecule has 2 fully saturated rings. The molecule has 0 unspecified atom stereocenters. The number of fused-ring (bicyclic) bond motifs is 1. The molecule has 0 aromatic heterocycles. The lowest BCUT2D eigenvalue weighted by Crippen LogP contribution is -2.50. The van der Waals surface area contributed by atoms with Crippen LogP contribution in [-0.2, 0) is 21.2 Å². The third-order valence-electron chi connectivity index (χ3n) is 7.84. The average molecular weight is 471 g/mol. The summed E-state index contributed by atoms with van der Waals surface area (Å²) in [5.41, 5.74) is 2.57. The Morgan fingerprint density at radius 1 is 1.09 bits per heavy atom. The molecule has 1 aromatic carbocycles. The fourth-order valence-corrected chi connectivity index (χ4v) is 6.98. The second-order valence-electron chi connectivity index (χ2n) is 9.93. The number of piperidine rings is 1. The van der Waals surface area contributed by atoms with Crippen molar-refractivity contribution in [3.05, 3.63) is 34.7 Å². The van der Waals surface area contributed by atoms with Crippen LogP contribution in [0.3, 0.4) is 0 Å². The maximum atomic E-state index is 13.1. The van der Waals surface area contributed by atoms with Gasteiger partial charge in [-0.2, -0.15) is 4.31 Å². The molecular formula is C25H34N4O3S. The van der Waals surface area contributed by atoms with Crippen molar-refractivity contribution in [3.8, 4) is 0 Å². The molecule has 1 saturated heterocycles.